The fraction of sp³-hybridized carbons (Fsp3) is 0.200. The molecular weight excluding hydrogens is 390 g/mol. The standard InChI is InChI=1S/C25H27N3O3/c1-4-28(5-2)20-10-13-22-18(15-20)6-7-19(23(22)29)14-16(3)25(30)31-21-11-8-17(9-12-21)24(26)27/h6-15,29H,4-5H2,1-3H3,(H3,26,27)/b16-14+. The van der Waals surface area contributed by atoms with Crippen LogP contribution in [-0.4, -0.2) is 30.0 Å². The van der Waals surface area contributed by atoms with Crippen molar-refractivity contribution in [3.8, 4) is 11.5 Å². The Hall–Kier alpha value is -3.80. The summed E-state index contributed by atoms with van der Waals surface area (Å²) in [6.45, 7) is 7.68. The van der Waals surface area contributed by atoms with Crippen LogP contribution in [0, 0.1) is 5.41 Å². The average molecular weight is 418 g/mol. The molecule has 0 saturated heterocycles. The van der Waals surface area contributed by atoms with E-state index in [0.717, 1.165) is 29.5 Å². The van der Waals surface area contributed by atoms with E-state index in [-0.39, 0.29) is 11.6 Å². The van der Waals surface area contributed by atoms with Gasteiger partial charge >= 0.3 is 5.97 Å². The summed E-state index contributed by atoms with van der Waals surface area (Å²) in [5.41, 5.74) is 7.99. The third-order valence-electron chi connectivity index (χ3n) is 5.20. The summed E-state index contributed by atoms with van der Waals surface area (Å²) in [6, 6.07) is 16.1. The number of fused-ring (bicyclic) bond motifs is 1. The predicted octanol–water partition coefficient (Wildman–Crippen LogP) is 4.68. The van der Waals surface area contributed by atoms with Crippen LogP contribution < -0.4 is 15.4 Å². The van der Waals surface area contributed by atoms with Crippen molar-refractivity contribution in [1.82, 2.24) is 0 Å². The van der Waals surface area contributed by atoms with Gasteiger partial charge in [0.1, 0.15) is 17.3 Å². The van der Waals surface area contributed by atoms with Gasteiger partial charge in [-0.3, -0.25) is 5.41 Å². The maximum absolute atomic E-state index is 12.5. The number of hydrogen-bond donors (Lipinski definition) is 3. The summed E-state index contributed by atoms with van der Waals surface area (Å²) in [6.07, 6.45) is 1.61. The maximum atomic E-state index is 12.5. The molecule has 3 rings (SSSR count). The fourth-order valence-electron chi connectivity index (χ4n) is 3.40. The van der Waals surface area contributed by atoms with Crippen LogP contribution in [0.5, 0.6) is 11.5 Å². The van der Waals surface area contributed by atoms with Gasteiger partial charge in [0.2, 0.25) is 0 Å². The third-order valence-corrected chi connectivity index (χ3v) is 5.20. The van der Waals surface area contributed by atoms with E-state index >= 15 is 0 Å². The fourth-order valence-corrected chi connectivity index (χ4v) is 3.40. The molecule has 0 radical (unpaired) electrons. The molecular formula is C25H27N3O3. The van der Waals surface area contributed by atoms with Crippen LogP contribution in [0.1, 0.15) is 31.9 Å². The molecule has 0 atom stereocenters. The molecule has 4 N–H and O–H groups in total. The van der Waals surface area contributed by atoms with Gasteiger partial charge in [-0.1, -0.05) is 12.1 Å². The van der Waals surface area contributed by atoms with Gasteiger partial charge in [0, 0.05) is 40.9 Å². The van der Waals surface area contributed by atoms with Crippen LogP contribution >= 0.6 is 0 Å². The van der Waals surface area contributed by atoms with Crippen molar-refractivity contribution < 1.29 is 14.6 Å². The minimum absolute atomic E-state index is 0.0510. The number of phenols is 1. The minimum atomic E-state index is -0.521. The second-order valence-corrected chi connectivity index (χ2v) is 7.24. The number of anilines is 1. The van der Waals surface area contributed by atoms with E-state index in [0.29, 0.717) is 22.4 Å². The summed E-state index contributed by atoms with van der Waals surface area (Å²) in [5.74, 6) is -0.0899. The Labute approximate surface area is 182 Å². The van der Waals surface area contributed by atoms with Crippen molar-refractivity contribution in [1.29, 1.82) is 5.41 Å². The lowest BCUT2D eigenvalue weighted by Gasteiger charge is -2.21. The Kier molecular flexibility index (Phi) is 6.60. The molecule has 0 aliphatic carbocycles. The number of rotatable bonds is 7. The highest BCUT2D eigenvalue weighted by Gasteiger charge is 2.12. The molecule has 0 amide bonds. The zero-order chi connectivity index (χ0) is 22.5. The van der Waals surface area contributed by atoms with Crippen LogP contribution in [0.25, 0.3) is 16.8 Å². The minimum Gasteiger partial charge on any atom is -0.507 e. The van der Waals surface area contributed by atoms with Gasteiger partial charge in [0.15, 0.2) is 0 Å². The first-order valence-electron chi connectivity index (χ1n) is 10.2. The quantitative estimate of drug-likeness (QED) is 0.170. The van der Waals surface area contributed by atoms with Gasteiger partial charge < -0.3 is 20.5 Å². The SMILES string of the molecule is CCN(CC)c1ccc2c(O)c(/C=C(\C)C(=O)Oc3ccc(C(=N)N)cc3)ccc2c1. The van der Waals surface area contributed by atoms with E-state index in [4.69, 9.17) is 15.9 Å². The maximum Gasteiger partial charge on any atom is 0.339 e. The molecule has 0 bridgehead atoms. The molecule has 31 heavy (non-hydrogen) atoms. The van der Waals surface area contributed by atoms with E-state index in [2.05, 4.69) is 24.8 Å². The lowest BCUT2D eigenvalue weighted by atomic mass is 10.0. The predicted molar refractivity (Wildman–Crippen MR) is 126 cm³/mol. The van der Waals surface area contributed by atoms with Crippen molar-refractivity contribution >= 4 is 34.3 Å². The summed E-state index contributed by atoms with van der Waals surface area (Å²) in [4.78, 5) is 14.7. The van der Waals surface area contributed by atoms with Crippen LogP contribution in [0.4, 0.5) is 5.69 Å². The molecule has 6 nitrogen and oxygen atoms in total. The van der Waals surface area contributed by atoms with E-state index in [1.165, 1.54) is 0 Å². The average Bonchev–Trinajstić information content (AvgIpc) is 2.76. The smallest absolute Gasteiger partial charge is 0.339 e. The Morgan fingerprint density at radius 2 is 1.77 bits per heavy atom. The first-order chi connectivity index (χ1) is 14.8. The van der Waals surface area contributed by atoms with Crippen LogP contribution in [0.15, 0.2) is 60.2 Å². The van der Waals surface area contributed by atoms with Crippen LogP contribution in [-0.2, 0) is 4.79 Å². The Bertz CT molecular complexity index is 1150. The number of nitrogens with two attached hydrogens (primary N) is 1. The molecule has 0 heterocycles. The van der Waals surface area contributed by atoms with Gasteiger partial charge in [0.25, 0.3) is 0 Å². The Morgan fingerprint density at radius 3 is 2.39 bits per heavy atom. The number of carbonyl (C=O) groups is 1. The zero-order valence-electron chi connectivity index (χ0n) is 18.0. The number of nitrogen functional groups attached to an aromatic ring is 1. The number of carbonyl (C=O) groups excluding carboxylic acids is 1. The van der Waals surface area contributed by atoms with Gasteiger partial charge in [-0.2, -0.15) is 0 Å². The first kappa shape index (κ1) is 21.9. The number of esters is 1. The van der Waals surface area contributed by atoms with Crippen molar-refractivity contribution in [3.05, 3.63) is 71.3 Å². The number of amidine groups is 1. The molecule has 3 aromatic rings. The molecule has 0 aliphatic rings. The highest BCUT2D eigenvalue weighted by molar-refractivity contribution is 5.98. The highest BCUT2D eigenvalue weighted by atomic mass is 16.5. The first-order valence-corrected chi connectivity index (χ1v) is 10.2. The number of nitrogens with one attached hydrogen (secondary N) is 1. The molecule has 0 unspecified atom stereocenters. The molecule has 0 spiro atoms. The number of hydrogen-bond acceptors (Lipinski definition) is 5. The Balaban J connectivity index is 1.83. The van der Waals surface area contributed by atoms with Crippen molar-refractivity contribution in [2.45, 2.75) is 20.8 Å². The van der Waals surface area contributed by atoms with Gasteiger partial charge in [-0.15, -0.1) is 0 Å². The van der Waals surface area contributed by atoms with E-state index < -0.39 is 5.97 Å². The molecule has 0 fully saturated rings. The van der Waals surface area contributed by atoms with Crippen molar-refractivity contribution in [2.24, 2.45) is 5.73 Å². The lowest BCUT2D eigenvalue weighted by Crippen LogP contribution is -2.21. The molecule has 0 saturated carbocycles. The number of ether oxygens (including phenoxy) is 1. The van der Waals surface area contributed by atoms with E-state index in [1.807, 2.05) is 18.2 Å². The summed E-state index contributed by atoms with van der Waals surface area (Å²) in [5, 5.41) is 19.8. The van der Waals surface area contributed by atoms with Gasteiger partial charge in [-0.25, -0.2) is 4.79 Å². The Morgan fingerprint density at radius 1 is 1.10 bits per heavy atom. The highest BCUT2D eigenvalue weighted by Crippen LogP contribution is 2.33. The molecule has 160 valence electrons. The zero-order valence-corrected chi connectivity index (χ0v) is 18.0. The van der Waals surface area contributed by atoms with Crippen molar-refractivity contribution in [3.63, 3.8) is 0 Å². The van der Waals surface area contributed by atoms with E-state index in [1.54, 1.807) is 43.3 Å². The topological polar surface area (TPSA) is 99.6 Å². The molecule has 6 heteroatoms. The normalized spacial score (nSPS) is 11.4. The largest absolute Gasteiger partial charge is 0.507 e. The van der Waals surface area contributed by atoms with Crippen molar-refractivity contribution in [2.75, 3.05) is 18.0 Å². The number of aromatic hydroxyl groups is 1. The number of nitrogens with zero attached hydrogens (tertiary/aromatic N) is 1. The number of benzene rings is 3. The monoisotopic (exact) mass is 417 g/mol. The second kappa shape index (κ2) is 9.34. The summed E-state index contributed by atoms with van der Waals surface area (Å²) in [7, 11) is 0. The summed E-state index contributed by atoms with van der Waals surface area (Å²) >= 11 is 0. The van der Waals surface area contributed by atoms with Gasteiger partial charge in [0.05, 0.1) is 0 Å². The van der Waals surface area contributed by atoms with Crippen LogP contribution in [0.2, 0.25) is 0 Å². The van der Waals surface area contributed by atoms with Crippen LogP contribution in [0.3, 0.4) is 0 Å². The molecule has 0 aromatic heterocycles. The molecule has 3 aromatic carbocycles. The van der Waals surface area contributed by atoms with Gasteiger partial charge in [-0.05, 0) is 74.7 Å². The molecule has 0 aliphatic heterocycles. The summed E-state index contributed by atoms with van der Waals surface area (Å²) < 4.78 is 5.37. The lowest BCUT2D eigenvalue weighted by molar-refractivity contribution is -0.130. The second-order valence-electron chi connectivity index (χ2n) is 7.24. The van der Waals surface area contributed by atoms with E-state index in [9.17, 15) is 9.90 Å². The number of phenolic OH excluding ortho intramolecular Hbond substituents is 1. The third kappa shape index (κ3) is 4.86.